The molecule has 0 aliphatic rings. The van der Waals surface area contributed by atoms with Gasteiger partial charge < -0.3 is 19.0 Å². The number of benzene rings is 2. The van der Waals surface area contributed by atoms with Crippen molar-refractivity contribution in [2.24, 2.45) is 5.41 Å². The monoisotopic (exact) mass is 416 g/mol. The van der Waals surface area contributed by atoms with Crippen molar-refractivity contribution in [2.75, 3.05) is 0 Å². The minimum absolute atomic E-state index is 0.0737. The minimum atomic E-state index is -0.256. The van der Waals surface area contributed by atoms with Gasteiger partial charge in [0, 0.05) is 23.1 Å². The van der Waals surface area contributed by atoms with E-state index in [4.69, 9.17) is 9.05 Å². The molecule has 9 nitrogen and oxygen atoms in total. The number of aromatic nitrogens is 6. The van der Waals surface area contributed by atoms with E-state index < -0.39 is 0 Å². The number of imidazole rings is 1. The van der Waals surface area contributed by atoms with Crippen molar-refractivity contribution in [1.82, 2.24) is 30.2 Å². The highest BCUT2D eigenvalue weighted by Crippen LogP contribution is 2.27. The standard InChI is InChI=1S/C22H20N6O3/c1-22(2,3)11-17-25-18(27-30-17)12-4-6-13(7-5-12)20-26-19(28-31-20)14-8-9-15-16(10-14)24-21(29)23-15/h4-10H,11H2,1-3H3,(H2,23,24,29). The van der Waals surface area contributed by atoms with E-state index in [9.17, 15) is 4.79 Å². The summed E-state index contributed by atoms with van der Waals surface area (Å²) in [5.74, 6) is 2.00. The average Bonchev–Trinajstić information content (AvgIpc) is 3.45. The van der Waals surface area contributed by atoms with Crippen LogP contribution in [0.2, 0.25) is 0 Å². The Morgan fingerprint density at radius 2 is 1.45 bits per heavy atom. The first kappa shape index (κ1) is 19.0. The third kappa shape index (κ3) is 3.89. The molecule has 2 N–H and O–H groups in total. The van der Waals surface area contributed by atoms with Crippen LogP contribution < -0.4 is 5.69 Å². The lowest BCUT2D eigenvalue weighted by atomic mass is 9.92. The van der Waals surface area contributed by atoms with E-state index in [1.807, 2.05) is 30.3 Å². The van der Waals surface area contributed by atoms with Crippen LogP contribution in [0.4, 0.5) is 0 Å². The fourth-order valence-electron chi connectivity index (χ4n) is 3.29. The SMILES string of the molecule is CC(C)(C)Cc1nc(-c2ccc(-c3nc(-c4ccc5[nH]c(=O)[nH]c5c4)no3)cc2)no1. The van der Waals surface area contributed by atoms with Crippen molar-refractivity contribution in [3.8, 4) is 34.2 Å². The minimum Gasteiger partial charge on any atom is -0.339 e. The summed E-state index contributed by atoms with van der Waals surface area (Å²) >= 11 is 0. The lowest BCUT2D eigenvalue weighted by molar-refractivity contribution is 0.314. The van der Waals surface area contributed by atoms with Crippen LogP contribution in [-0.2, 0) is 6.42 Å². The van der Waals surface area contributed by atoms with E-state index in [0.29, 0.717) is 35.4 Å². The number of hydrogen-bond donors (Lipinski definition) is 2. The van der Waals surface area contributed by atoms with Crippen LogP contribution in [0.3, 0.4) is 0 Å². The zero-order chi connectivity index (χ0) is 21.6. The normalized spacial score (nSPS) is 12.0. The van der Waals surface area contributed by atoms with Crippen molar-refractivity contribution in [1.29, 1.82) is 0 Å². The van der Waals surface area contributed by atoms with Gasteiger partial charge in [0.2, 0.25) is 17.5 Å². The van der Waals surface area contributed by atoms with Gasteiger partial charge in [-0.25, -0.2) is 4.79 Å². The Kier molecular flexibility index (Phi) is 4.32. The first-order valence-corrected chi connectivity index (χ1v) is 9.84. The summed E-state index contributed by atoms with van der Waals surface area (Å²) in [6.45, 7) is 6.38. The lowest BCUT2D eigenvalue weighted by Crippen LogP contribution is -2.09. The molecular weight excluding hydrogens is 396 g/mol. The number of hydrogen-bond acceptors (Lipinski definition) is 7. The second-order valence-corrected chi connectivity index (χ2v) is 8.59. The molecule has 3 aromatic heterocycles. The maximum Gasteiger partial charge on any atom is 0.323 e. The van der Waals surface area contributed by atoms with Crippen molar-refractivity contribution in [3.05, 3.63) is 58.8 Å². The van der Waals surface area contributed by atoms with E-state index >= 15 is 0 Å². The van der Waals surface area contributed by atoms with Gasteiger partial charge >= 0.3 is 5.69 Å². The quantitative estimate of drug-likeness (QED) is 0.449. The molecule has 5 aromatic rings. The van der Waals surface area contributed by atoms with Gasteiger partial charge in [0.25, 0.3) is 5.89 Å². The molecule has 0 amide bonds. The zero-order valence-corrected chi connectivity index (χ0v) is 17.3. The molecule has 2 aromatic carbocycles. The molecule has 156 valence electrons. The predicted octanol–water partition coefficient (Wildman–Crippen LogP) is 4.21. The molecule has 0 unspecified atom stereocenters. The predicted molar refractivity (Wildman–Crippen MR) is 114 cm³/mol. The number of fused-ring (bicyclic) bond motifs is 1. The van der Waals surface area contributed by atoms with Crippen molar-refractivity contribution in [2.45, 2.75) is 27.2 Å². The summed E-state index contributed by atoms with van der Waals surface area (Å²) in [5.41, 5.74) is 3.58. The number of H-pyrrole nitrogens is 2. The number of nitrogens with one attached hydrogen (secondary N) is 2. The van der Waals surface area contributed by atoms with Gasteiger partial charge in [-0.05, 0) is 35.7 Å². The van der Waals surface area contributed by atoms with E-state index in [2.05, 4.69) is 51.0 Å². The molecule has 0 aliphatic carbocycles. The Labute approximate surface area is 176 Å². The van der Waals surface area contributed by atoms with Gasteiger partial charge in [-0.15, -0.1) is 0 Å². The molecule has 0 spiro atoms. The molecule has 0 radical (unpaired) electrons. The van der Waals surface area contributed by atoms with E-state index in [-0.39, 0.29) is 11.1 Å². The molecule has 0 saturated carbocycles. The van der Waals surface area contributed by atoms with E-state index in [0.717, 1.165) is 22.2 Å². The Bertz CT molecular complexity index is 1420. The van der Waals surface area contributed by atoms with Gasteiger partial charge in [0.05, 0.1) is 11.0 Å². The third-order valence-corrected chi connectivity index (χ3v) is 4.74. The molecular formula is C22H20N6O3. The van der Waals surface area contributed by atoms with Gasteiger partial charge in [-0.2, -0.15) is 9.97 Å². The molecule has 0 saturated heterocycles. The Morgan fingerprint density at radius 3 is 2.23 bits per heavy atom. The number of rotatable bonds is 4. The van der Waals surface area contributed by atoms with Gasteiger partial charge in [-0.3, -0.25) is 0 Å². The largest absolute Gasteiger partial charge is 0.339 e. The van der Waals surface area contributed by atoms with Gasteiger partial charge in [-0.1, -0.05) is 43.2 Å². The van der Waals surface area contributed by atoms with Crippen LogP contribution in [0.1, 0.15) is 26.7 Å². The maximum absolute atomic E-state index is 11.4. The van der Waals surface area contributed by atoms with Crippen LogP contribution >= 0.6 is 0 Å². The summed E-state index contributed by atoms with van der Waals surface area (Å²) < 4.78 is 10.8. The summed E-state index contributed by atoms with van der Waals surface area (Å²) in [5, 5.41) is 8.14. The smallest absolute Gasteiger partial charge is 0.323 e. The lowest BCUT2D eigenvalue weighted by Gasteiger charge is -2.13. The fraction of sp³-hybridized carbons (Fsp3) is 0.227. The molecule has 9 heteroatoms. The highest BCUT2D eigenvalue weighted by atomic mass is 16.5. The molecule has 0 fully saturated rings. The molecule has 0 bridgehead atoms. The second kappa shape index (κ2) is 7.05. The Morgan fingerprint density at radius 1 is 0.806 bits per heavy atom. The Hall–Kier alpha value is -4.01. The Balaban J connectivity index is 1.38. The zero-order valence-electron chi connectivity index (χ0n) is 17.3. The summed E-state index contributed by atoms with van der Waals surface area (Å²) in [6.07, 6.45) is 0.714. The maximum atomic E-state index is 11.4. The fourth-order valence-corrected chi connectivity index (χ4v) is 3.29. The first-order valence-electron chi connectivity index (χ1n) is 9.84. The van der Waals surface area contributed by atoms with Crippen LogP contribution in [0.25, 0.3) is 45.3 Å². The summed E-state index contributed by atoms with van der Waals surface area (Å²) in [4.78, 5) is 25.8. The molecule has 3 heterocycles. The van der Waals surface area contributed by atoms with Crippen LogP contribution in [0, 0.1) is 5.41 Å². The van der Waals surface area contributed by atoms with Crippen LogP contribution in [-0.4, -0.2) is 30.2 Å². The van der Waals surface area contributed by atoms with Crippen molar-refractivity contribution >= 4 is 11.0 Å². The van der Waals surface area contributed by atoms with Gasteiger partial charge in [0.1, 0.15) is 0 Å². The molecule has 0 atom stereocenters. The van der Waals surface area contributed by atoms with Crippen LogP contribution in [0.15, 0.2) is 56.3 Å². The summed E-state index contributed by atoms with van der Waals surface area (Å²) in [7, 11) is 0. The van der Waals surface area contributed by atoms with Crippen molar-refractivity contribution < 1.29 is 9.05 Å². The second-order valence-electron chi connectivity index (χ2n) is 8.59. The van der Waals surface area contributed by atoms with Crippen LogP contribution in [0.5, 0.6) is 0 Å². The highest BCUT2D eigenvalue weighted by molar-refractivity contribution is 5.80. The topological polar surface area (TPSA) is 126 Å². The molecule has 5 rings (SSSR count). The number of aromatic amines is 2. The first-order chi connectivity index (χ1) is 14.8. The van der Waals surface area contributed by atoms with E-state index in [1.54, 1.807) is 12.1 Å². The number of nitrogens with zero attached hydrogens (tertiary/aromatic N) is 4. The molecule has 0 aliphatic heterocycles. The molecule has 31 heavy (non-hydrogen) atoms. The van der Waals surface area contributed by atoms with E-state index in [1.165, 1.54) is 0 Å². The van der Waals surface area contributed by atoms with Crippen molar-refractivity contribution in [3.63, 3.8) is 0 Å². The van der Waals surface area contributed by atoms with Gasteiger partial charge in [0.15, 0.2) is 0 Å². The average molecular weight is 416 g/mol. The summed E-state index contributed by atoms with van der Waals surface area (Å²) in [6, 6.07) is 13.0. The third-order valence-electron chi connectivity index (χ3n) is 4.74. The highest BCUT2D eigenvalue weighted by Gasteiger charge is 2.18.